The van der Waals surface area contributed by atoms with E-state index in [0.29, 0.717) is 0 Å². The van der Waals surface area contributed by atoms with Crippen molar-refractivity contribution in [3.8, 4) is 0 Å². The van der Waals surface area contributed by atoms with Gasteiger partial charge in [0.2, 0.25) is 5.91 Å². The maximum Gasteiger partial charge on any atom is 0.395 e. The van der Waals surface area contributed by atoms with E-state index in [1.807, 2.05) is 13.8 Å². The Morgan fingerprint density at radius 2 is 1.94 bits per heavy atom. The molecule has 1 heterocycles. The first kappa shape index (κ1) is 14.0. The first-order valence-electron chi connectivity index (χ1n) is 4.83. The van der Waals surface area contributed by atoms with E-state index in [2.05, 4.69) is 11.7 Å². The number of rotatable bonds is 3. The van der Waals surface area contributed by atoms with Gasteiger partial charge in [-0.15, -0.1) is 11.7 Å². The molecular weight excluding hydrogens is 259 g/mol. The summed E-state index contributed by atoms with van der Waals surface area (Å²) in [5.74, 6) is -1.57. The zero-order chi connectivity index (χ0) is 12.6. The molecule has 16 heavy (non-hydrogen) atoms. The number of alkyl halides is 3. The summed E-state index contributed by atoms with van der Waals surface area (Å²) in [6.45, 7) is 3.28. The molecule has 0 aromatic heterocycles. The van der Waals surface area contributed by atoms with Crippen molar-refractivity contribution in [3.05, 3.63) is 0 Å². The van der Waals surface area contributed by atoms with Gasteiger partial charge in [0.05, 0.1) is 5.92 Å². The lowest BCUT2D eigenvalue weighted by Crippen LogP contribution is -2.56. The van der Waals surface area contributed by atoms with E-state index >= 15 is 0 Å². The molecule has 0 unspecified atom stereocenters. The van der Waals surface area contributed by atoms with Gasteiger partial charge < -0.3 is 4.90 Å². The number of nitrogens with zero attached hydrogens (tertiary/aromatic N) is 1. The Bertz CT molecular complexity index is 274. The van der Waals surface area contributed by atoms with Gasteiger partial charge in [-0.05, 0) is 13.8 Å². The minimum Gasteiger partial charge on any atom is -0.341 e. The van der Waals surface area contributed by atoms with Gasteiger partial charge in [-0.3, -0.25) is 4.79 Å². The Hall–Kier alpha value is -0.0400. The fourth-order valence-corrected chi connectivity index (χ4v) is 1.78. The van der Waals surface area contributed by atoms with Gasteiger partial charge in [0, 0.05) is 24.3 Å². The largest absolute Gasteiger partial charge is 0.395 e. The monoisotopic (exact) mass is 273 g/mol. The fourth-order valence-electron chi connectivity index (χ4n) is 1.40. The zero-order valence-electron chi connectivity index (χ0n) is 9.04. The van der Waals surface area contributed by atoms with E-state index in [0.717, 1.165) is 0 Å². The van der Waals surface area contributed by atoms with Crippen molar-refractivity contribution in [2.24, 2.45) is 5.92 Å². The molecule has 0 radical (unpaired) electrons. The first-order valence-corrected chi connectivity index (χ1v) is 6.69. The van der Waals surface area contributed by atoms with Crippen molar-refractivity contribution in [1.82, 2.24) is 4.90 Å². The number of carbonyl (C=O) groups is 1. The standard InChI is InChI=1S/C9H14F3NOS2/c1-8(2,16-15)3-7(14)13-4-6(5-13)9(10,11)12/h6,15H,3-5H2,1-2H3. The van der Waals surface area contributed by atoms with Gasteiger partial charge in [0.1, 0.15) is 0 Å². The second kappa shape index (κ2) is 4.68. The lowest BCUT2D eigenvalue weighted by atomic mass is 9.97. The maximum absolute atomic E-state index is 12.2. The molecule has 1 rings (SSSR count). The van der Waals surface area contributed by atoms with Crippen LogP contribution in [-0.4, -0.2) is 34.8 Å². The third-order valence-corrected chi connectivity index (χ3v) is 4.64. The van der Waals surface area contributed by atoms with Crippen LogP contribution in [0.4, 0.5) is 13.2 Å². The van der Waals surface area contributed by atoms with Gasteiger partial charge in [-0.25, -0.2) is 0 Å². The third kappa shape index (κ3) is 3.48. The number of hydrogen-bond donors (Lipinski definition) is 1. The summed E-state index contributed by atoms with van der Waals surface area (Å²) in [6, 6.07) is 0. The van der Waals surface area contributed by atoms with Gasteiger partial charge >= 0.3 is 6.18 Å². The smallest absolute Gasteiger partial charge is 0.341 e. The number of carbonyl (C=O) groups excluding carboxylic acids is 1. The first-order chi connectivity index (χ1) is 7.15. The highest BCUT2D eigenvalue weighted by Gasteiger charge is 2.48. The molecule has 1 aliphatic heterocycles. The molecule has 1 saturated heterocycles. The molecule has 1 aliphatic rings. The van der Waals surface area contributed by atoms with E-state index in [1.54, 1.807) is 0 Å². The Balaban J connectivity index is 2.38. The van der Waals surface area contributed by atoms with Crippen LogP contribution in [0.1, 0.15) is 20.3 Å². The average molecular weight is 273 g/mol. The fraction of sp³-hybridized carbons (Fsp3) is 0.889. The highest BCUT2D eigenvalue weighted by Crippen LogP contribution is 2.36. The molecule has 0 saturated carbocycles. The molecule has 7 heteroatoms. The molecule has 2 nitrogen and oxygen atoms in total. The predicted octanol–water partition coefficient (Wildman–Crippen LogP) is 2.75. The van der Waals surface area contributed by atoms with Crippen LogP contribution in [0.3, 0.4) is 0 Å². The molecule has 0 spiro atoms. The van der Waals surface area contributed by atoms with Crippen LogP contribution in [-0.2, 0) is 4.79 Å². The minimum atomic E-state index is -4.18. The van der Waals surface area contributed by atoms with E-state index < -0.39 is 12.1 Å². The number of hydrogen-bond acceptors (Lipinski definition) is 3. The molecule has 0 aliphatic carbocycles. The molecular formula is C9H14F3NOS2. The minimum absolute atomic E-state index is 0.199. The molecule has 0 atom stereocenters. The van der Waals surface area contributed by atoms with Crippen LogP contribution < -0.4 is 0 Å². The number of likely N-dealkylation sites (tertiary alicyclic amines) is 1. The average Bonchev–Trinajstić information content (AvgIpc) is 1.97. The Kier molecular flexibility index (Phi) is 4.10. The van der Waals surface area contributed by atoms with E-state index in [4.69, 9.17) is 0 Å². The summed E-state index contributed by atoms with van der Waals surface area (Å²) in [7, 11) is 1.24. The second-order valence-corrected chi connectivity index (χ2v) is 6.40. The van der Waals surface area contributed by atoms with Crippen molar-refractivity contribution in [2.45, 2.75) is 31.2 Å². The summed E-state index contributed by atoms with van der Waals surface area (Å²) < 4.78 is 36.2. The van der Waals surface area contributed by atoms with Gasteiger partial charge in [0.25, 0.3) is 0 Å². The summed E-state index contributed by atoms with van der Waals surface area (Å²) in [6.07, 6.45) is -3.96. The normalized spacial score (nSPS) is 18.5. The topological polar surface area (TPSA) is 20.3 Å². The van der Waals surface area contributed by atoms with Crippen LogP contribution in [0.25, 0.3) is 0 Å². The highest BCUT2D eigenvalue weighted by atomic mass is 33.1. The van der Waals surface area contributed by atoms with Crippen LogP contribution in [0.5, 0.6) is 0 Å². The Morgan fingerprint density at radius 3 is 2.31 bits per heavy atom. The van der Waals surface area contributed by atoms with Gasteiger partial charge in [-0.1, -0.05) is 10.8 Å². The summed E-state index contributed by atoms with van der Waals surface area (Å²) in [4.78, 5) is 12.8. The number of amides is 1. The SMILES string of the molecule is CC(C)(CC(=O)N1CC(C(F)(F)F)C1)SS. The van der Waals surface area contributed by atoms with Crippen molar-refractivity contribution >= 4 is 28.4 Å². The quantitative estimate of drug-likeness (QED) is 0.630. The highest BCUT2D eigenvalue weighted by molar-refractivity contribution is 8.69. The maximum atomic E-state index is 12.2. The molecule has 0 aromatic rings. The molecule has 1 amide bonds. The van der Waals surface area contributed by atoms with Crippen molar-refractivity contribution < 1.29 is 18.0 Å². The van der Waals surface area contributed by atoms with Crippen LogP contribution in [0.15, 0.2) is 0 Å². The number of thiol groups is 1. The van der Waals surface area contributed by atoms with E-state index in [-0.39, 0.29) is 30.2 Å². The molecule has 1 fully saturated rings. The summed E-state index contributed by atoms with van der Waals surface area (Å²) >= 11 is 4.02. The van der Waals surface area contributed by atoms with Crippen LogP contribution >= 0.6 is 22.5 Å². The van der Waals surface area contributed by atoms with Crippen LogP contribution in [0.2, 0.25) is 0 Å². The zero-order valence-corrected chi connectivity index (χ0v) is 10.8. The summed E-state index contributed by atoms with van der Waals surface area (Å²) in [5.41, 5.74) is 0. The van der Waals surface area contributed by atoms with Crippen LogP contribution in [0, 0.1) is 5.92 Å². The van der Waals surface area contributed by atoms with E-state index in [9.17, 15) is 18.0 Å². The molecule has 0 aromatic carbocycles. The lowest BCUT2D eigenvalue weighted by Gasteiger charge is -2.41. The third-order valence-electron chi connectivity index (χ3n) is 2.52. The summed E-state index contributed by atoms with van der Waals surface area (Å²) in [5, 5.41) is 0. The van der Waals surface area contributed by atoms with Crippen molar-refractivity contribution in [3.63, 3.8) is 0 Å². The second-order valence-electron chi connectivity index (χ2n) is 4.57. The molecule has 94 valence electrons. The van der Waals surface area contributed by atoms with Gasteiger partial charge in [-0.2, -0.15) is 13.2 Å². The van der Waals surface area contributed by atoms with E-state index in [1.165, 1.54) is 15.7 Å². The van der Waals surface area contributed by atoms with Crippen molar-refractivity contribution in [1.29, 1.82) is 0 Å². The van der Waals surface area contributed by atoms with Crippen molar-refractivity contribution in [2.75, 3.05) is 13.1 Å². The Labute approximate surface area is 102 Å². The Morgan fingerprint density at radius 1 is 1.44 bits per heavy atom. The number of halogens is 3. The molecule has 0 N–H and O–H groups in total. The lowest BCUT2D eigenvalue weighted by molar-refractivity contribution is -0.209. The molecule has 0 bridgehead atoms. The predicted molar refractivity (Wildman–Crippen MR) is 61.4 cm³/mol. The van der Waals surface area contributed by atoms with Gasteiger partial charge in [0.15, 0.2) is 0 Å².